The van der Waals surface area contributed by atoms with Crippen LogP contribution in [0.4, 0.5) is 5.69 Å². The number of hydrogen-bond acceptors (Lipinski definition) is 8. The van der Waals surface area contributed by atoms with E-state index in [-0.39, 0.29) is 11.9 Å². The lowest BCUT2D eigenvalue weighted by Gasteiger charge is -2.32. The van der Waals surface area contributed by atoms with Crippen molar-refractivity contribution in [1.29, 1.82) is 5.26 Å². The van der Waals surface area contributed by atoms with Gasteiger partial charge in [-0.1, -0.05) is 6.07 Å². The van der Waals surface area contributed by atoms with Crippen molar-refractivity contribution in [1.82, 2.24) is 14.8 Å². The highest BCUT2D eigenvalue weighted by Gasteiger charge is 2.43. The Balaban J connectivity index is 1.18. The Bertz CT molecular complexity index is 1700. The molecule has 3 fully saturated rings. The van der Waals surface area contributed by atoms with E-state index in [1.807, 2.05) is 47.4 Å². The van der Waals surface area contributed by atoms with Crippen molar-refractivity contribution in [2.45, 2.75) is 37.4 Å². The molecule has 1 amide bonds. The smallest absolute Gasteiger partial charge is 0.254 e. The predicted octanol–water partition coefficient (Wildman–Crippen LogP) is 5.16. The Kier molecular flexibility index (Phi) is 6.81. The highest BCUT2D eigenvalue weighted by Crippen LogP contribution is 2.39. The number of methoxy groups -OCH3 is 1. The van der Waals surface area contributed by atoms with Gasteiger partial charge in [-0.15, -0.1) is 0 Å². The van der Waals surface area contributed by atoms with Gasteiger partial charge in [0.15, 0.2) is 5.58 Å². The Labute approximate surface area is 244 Å². The van der Waals surface area contributed by atoms with Gasteiger partial charge in [0, 0.05) is 67.8 Å². The average Bonchev–Trinajstić information content (AvgIpc) is 3.75. The van der Waals surface area contributed by atoms with Crippen LogP contribution in [0.15, 0.2) is 59.1 Å². The van der Waals surface area contributed by atoms with Crippen LogP contribution in [0.2, 0.25) is 0 Å². The fourth-order valence-corrected chi connectivity index (χ4v) is 6.60. The van der Waals surface area contributed by atoms with E-state index in [2.05, 4.69) is 28.3 Å². The summed E-state index contributed by atoms with van der Waals surface area (Å²) in [5.41, 5.74) is 5.80. The number of aromatic nitrogens is 1. The number of carbonyl (C=O) groups excluding carboxylic acids is 1. The van der Waals surface area contributed by atoms with Gasteiger partial charge in [-0.05, 0) is 68.3 Å². The van der Waals surface area contributed by atoms with E-state index in [0.717, 1.165) is 67.9 Å². The van der Waals surface area contributed by atoms with E-state index in [0.29, 0.717) is 45.8 Å². The number of ether oxygens (including phenoxy) is 2. The molecule has 3 aliphatic heterocycles. The van der Waals surface area contributed by atoms with Gasteiger partial charge in [-0.25, -0.2) is 0 Å². The number of hydrogen-bond donors (Lipinski definition) is 1. The highest BCUT2D eigenvalue weighted by atomic mass is 16.5. The van der Waals surface area contributed by atoms with Crippen LogP contribution in [0.25, 0.3) is 33.6 Å². The second kappa shape index (κ2) is 10.8. The number of fused-ring (bicyclic) bond motifs is 3. The molecular formula is C33H33N5O4. The first-order chi connectivity index (χ1) is 20.5. The number of benzene rings is 2. The van der Waals surface area contributed by atoms with Crippen molar-refractivity contribution in [3.63, 3.8) is 0 Å². The van der Waals surface area contributed by atoms with E-state index in [1.54, 1.807) is 19.4 Å². The first-order valence-electron chi connectivity index (χ1n) is 14.5. The number of nitrogens with zero attached hydrogens (tertiary/aromatic N) is 4. The van der Waals surface area contributed by atoms with Crippen LogP contribution in [0.5, 0.6) is 5.75 Å². The molecule has 4 aromatic rings. The van der Waals surface area contributed by atoms with Crippen LogP contribution in [-0.2, 0) is 4.74 Å². The summed E-state index contributed by atoms with van der Waals surface area (Å²) in [7, 11) is 3.73. The van der Waals surface area contributed by atoms with Gasteiger partial charge >= 0.3 is 0 Å². The SMILES string of the molecule is COc1cc(C(=O)N2C[C@@H]3C[C@H]2CN3C)ccc1-c1cc2nccc(-c3ccc(NC4CCOCC4)c(C#N)c3)c2o1. The number of likely N-dealkylation sites (N-methyl/N-ethyl adjacent to an activating group) is 1. The van der Waals surface area contributed by atoms with Gasteiger partial charge in [-0.3, -0.25) is 14.7 Å². The first-order valence-corrected chi connectivity index (χ1v) is 14.5. The lowest BCUT2D eigenvalue weighted by atomic mass is 10.0. The second-order valence-electron chi connectivity index (χ2n) is 11.4. The summed E-state index contributed by atoms with van der Waals surface area (Å²) >= 11 is 0. The van der Waals surface area contributed by atoms with E-state index in [9.17, 15) is 10.1 Å². The maximum absolute atomic E-state index is 13.4. The van der Waals surface area contributed by atoms with Gasteiger partial charge in [0.1, 0.15) is 23.1 Å². The van der Waals surface area contributed by atoms with Crippen LogP contribution in [0.3, 0.4) is 0 Å². The largest absolute Gasteiger partial charge is 0.496 e. The average molecular weight is 564 g/mol. The van der Waals surface area contributed by atoms with Crippen LogP contribution in [-0.4, -0.2) is 79.3 Å². The van der Waals surface area contributed by atoms with Crippen LogP contribution < -0.4 is 10.1 Å². The summed E-state index contributed by atoms with van der Waals surface area (Å²) in [6.07, 6.45) is 4.62. The number of anilines is 1. The Morgan fingerprint density at radius 2 is 1.93 bits per heavy atom. The summed E-state index contributed by atoms with van der Waals surface area (Å²) in [5, 5.41) is 13.4. The zero-order valence-corrected chi connectivity index (χ0v) is 23.8. The number of pyridine rings is 1. The number of carbonyl (C=O) groups is 1. The Morgan fingerprint density at radius 3 is 2.67 bits per heavy atom. The number of rotatable bonds is 6. The number of nitriles is 1. The van der Waals surface area contributed by atoms with Crippen molar-refractivity contribution in [3.05, 3.63) is 65.9 Å². The lowest BCUT2D eigenvalue weighted by molar-refractivity contribution is 0.0650. The Hall–Kier alpha value is -4.39. The minimum Gasteiger partial charge on any atom is -0.496 e. The van der Waals surface area contributed by atoms with E-state index in [4.69, 9.17) is 13.9 Å². The third-order valence-corrected chi connectivity index (χ3v) is 8.93. The van der Waals surface area contributed by atoms with E-state index >= 15 is 0 Å². The molecule has 2 aromatic heterocycles. The first kappa shape index (κ1) is 26.5. The van der Waals surface area contributed by atoms with Crippen LogP contribution in [0, 0.1) is 11.3 Å². The van der Waals surface area contributed by atoms with Crippen molar-refractivity contribution < 1.29 is 18.7 Å². The fraction of sp³-hybridized carbons (Fsp3) is 0.364. The normalized spacial score (nSPS) is 20.6. The summed E-state index contributed by atoms with van der Waals surface area (Å²) in [6, 6.07) is 18.5. The van der Waals surface area contributed by atoms with E-state index < -0.39 is 0 Å². The molecule has 7 rings (SSSR count). The van der Waals surface area contributed by atoms with Crippen LogP contribution >= 0.6 is 0 Å². The number of likely N-dealkylation sites (tertiary alicyclic amines) is 2. The number of nitrogens with one attached hydrogen (secondary N) is 1. The third kappa shape index (κ3) is 4.67. The van der Waals surface area contributed by atoms with Crippen molar-refractivity contribution in [3.8, 4) is 34.3 Å². The molecule has 3 saturated heterocycles. The summed E-state index contributed by atoms with van der Waals surface area (Å²) in [5.74, 6) is 1.20. The topological polar surface area (TPSA) is 104 Å². The molecule has 0 aliphatic carbocycles. The minimum absolute atomic E-state index is 0.0389. The molecule has 2 aromatic carbocycles. The molecule has 9 nitrogen and oxygen atoms in total. The van der Waals surface area contributed by atoms with Gasteiger partial charge in [0.05, 0.1) is 23.9 Å². The Morgan fingerprint density at radius 1 is 1.07 bits per heavy atom. The fourth-order valence-electron chi connectivity index (χ4n) is 6.60. The zero-order chi connectivity index (χ0) is 28.8. The molecule has 0 radical (unpaired) electrons. The molecular weight excluding hydrogens is 530 g/mol. The molecule has 9 heteroatoms. The summed E-state index contributed by atoms with van der Waals surface area (Å²) in [4.78, 5) is 22.3. The molecule has 0 saturated carbocycles. The number of piperazine rings is 1. The number of amides is 1. The standard InChI is InChI=1S/C33H33N5O4/c1-37-18-25-15-24(37)19-38(25)33(39)21-3-5-27(30(14-21)40-2)31-16-29-32(42-31)26(7-10-35-29)20-4-6-28(22(13-20)17-34)36-23-8-11-41-12-9-23/h3-7,10,13-14,16,23-25,36H,8-9,11-12,15,18-19H2,1-2H3/t24-,25-/m0/s1. The minimum atomic E-state index is 0.0389. The molecule has 214 valence electrons. The van der Waals surface area contributed by atoms with Gasteiger partial charge in [-0.2, -0.15) is 5.26 Å². The summed E-state index contributed by atoms with van der Waals surface area (Å²) in [6.45, 7) is 3.15. The maximum atomic E-state index is 13.4. The second-order valence-corrected chi connectivity index (χ2v) is 11.4. The third-order valence-electron chi connectivity index (χ3n) is 8.93. The van der Waals surface area contributed by atoms with Crippen molar-refractivity contribution in [2.75, 3.05) is 45.8 Å². The van der Waals surface area contributed by atoms with Crippen LogP contribution in [0.1, 0.15) is 35.2 Å². The lowest BCUT2D eigenvalue weighted by Crippen LogP contribution is -2.47. The molecule has 1 N–H and O–H groups in total. The zero-order valence-electron chi connectivity index (χ0n) is 23.8. The molecule has 5 heterocycles. The maximum Gasteiger partial charge on any atom is 0.254 e. The van der Waals surface area contributed by atoms with Crippen molar-refractivity contribution >= 4 is 22.7 Å². The molecule has 0 spiro atoms. The van der Waals surface area contributed by atoms with Crippen molar-refractivity contribution in [2.24, 2.45) is 0 Å². The molecule has 2 bridgehead atoms. The van der Waals surface area contributed by atoms with Gasteiger partial charge < -0.3 is 24.1 Å². The van der Waals surface area contributed by atoms with E-state index in [1.165, 1.54) is 0 Å². The quantitative estimate of drug-likeness (QED) is 0.343. The number of furan rings is 1. The highest BCUT2D eigenvalue weighted by molar-refractivity contribution is 5.97. The monoisotopic (exact) mass is 563 g/mol. The molecule has 3 aliphatic rings. The predicted molar refractivity (Wildman–Crippen MR) is 159 cm³/mol. The summed E-state index contributed by atoms with van der Waals surface area (Å²) < 4.78 is 17.6. The van der Waals surface area contributed by atoms with Gasteiger partial charge in [0.25, 0.3) is 5.91 Å². The molecule has 0 unspecified atom stereocenters. The van der Waals surface area contributed by atoms with Gasteiger partial charge in [0.2, 0.25) is 0 Å². The molecule has 2 atom stereocenters. The molecule has 42 heavy (non-hydrogen) atoms.